The van der Waals surface area contributed by atoms with Crippen molar-refractivity contribution in [2.24, 2.45) is 0 Å². The first kappa shape index (κ1) is 45.1. The molecule has 0 spiro atoms. The lowest BCUT2D eigenvalue weighted by atomic mass is 9.88. The largest absolute Gasteiger partial charge is 0.0622 e. The minimum atomic E-state index is 0.929. The lowest BCUT2D eigenvalue weighted by Gasteiger charge is -2.17. The van der Waals surface area contributed by atoms with E-state index in [0.29, 0.717) is 0 Å². The average Bonchev–Trinajstić information content (AvgIpc) is 3.39. The molecular weight excluding hydrogens is 817 g/mol. The molecule has 0 aliphatic carbocycles. The Morgan fingerprint density at radius 2 is 0.529 bits per heavy atom. The molecule has 0 aromatic heterocycles. The summed E-state index contributed by atoms with van der Waals surface area (Å²) in [6.45, 7) is 9.03. The second kappa shape index (κ2) is 21.5. The van der Waals surface area contributed by atoms with Crippen LogP contribution in [0.1, 0.15) is 100 Å². The predicted molar refractivity (Wildman–Crippen MR) is 294 cm³/mol. The Morgan fingerprint density at radius 3 is 0.853 bits per heavy atom. The molecule has 0 atom stereocenters. The Labute approximate surface area is 404 Å². The molecule has 0 saturated heterocycles. The van der Waals surface area contributed by atoms with Gasteiger partial charge in [0.1, 0.15) is 0 Å². The molecule has 0 bridgehead atoms. The third-order valence-electron chi connectivity index (χ3n) is 13.3. The molecule has 330 valence electrons. The third-order valence-corrected chi connectivity index (χ3v) is 13.3. The van der Waals surface area contributed by atoms with Gasteiger partial charge in [-0.05, 0) is 164 Å². The van der Waals surface area contributed by atoms with Gasteiger partial charge in [-0.15, -0.1) is 0 Å². The van der Waals surface area contributed by atoms with E-state index in [9.17, 15) is 0 Å². The SMILES string of the molecule is Cc1c(C)c(C=Cc2ccc(C=C(c3ccccc3)c3ccc(Cc4ccccc4)cc3)cc2)c(C)c(C)c1C=Cc1ccc(C=C(c2ccccc2)c2ccc(Cc3ccccc3)cc2)cc1. The first-order chi connectivity index (χ1) is 33.3. The molecule has 0 fully saturated rings. The maximum absolute atomic E-state index is 2.31. The molecule has 0 unspecified atom stereocenters. The molecule has 9 aromatic rings. The van der Waals surface area contributed by atoms with Crippen LogP contribution in [0.2, 0.25) is 0 Å². The molecule has 0 aliphatic heterocycles. The van der Waals surface area contributed by atoms with Crippen LogP contribution < -0.4 is 0 Å². The van der Waals surface area contributed by atoms with E-state index < -0.39 is 0 Å². The van der Waals surface area contributed by atoms with Crippen LogP contribution in [-0.2, 0) is 12.8 Å². The lowest BCUT2D eigenvalue weighted by molar-refractivity contribution is 1.19. The highest BCUT2D eigenvalue weighted by molar-refractivity contribution is 5.93. The fourth-order valence-electron chi connectivity index (χ4n) is 9.14. The van der Waals surface area contributed by atoms with Crippen molar-refractivity contribution in [3.8, 4) is 0 Å². The lowest BCUT2D eigenvalue weighted by Crippen LogP contribution is -1.99. The zero-order chi connectivity index (χ0) is 46.7. The number of hydrogen-bond acceptors (Lipinski definition) is 0. The topological polar surface area (TPSA) is 0 Å². The quantitative estimate of drug-likeness (QED) is 0.0955. The van der Waals surface area contributed by atoms with Crippen LogP contribution in [0.5, 0.6) is 0 Å². The van der Waals surface area contributed by atoms with Gasteiger partial charge in [0.15, 0.2) is 0 Å². The number of benzene rings is 9. The molecule has 9 rings (SSSR count). The van der Waals surface area contributed by atoms with E-state index in [-0.39, 0.29) is 0 Å². The molecule has 0 N–H and O–H groups in total. The fourth-order valence-corrected chi connectivity index (χ4v) is 9.14. The van der Waals surface area contributed by atoms with E-state index in [0.717, 1.165) is 12.8 Å². The summed E-state index contributed by atoms with van der Waals surface area (Å²) in [6.07, 6.45) is 15.6. The minimum absolute atomic E-state index is 0.929. The van der Waals surface area contributed by atoms with Gasteiger partial charge >= 0.3 is 0 Å². The Balaban J connectivity index is 0.899. The van der Waals surface area contributed by atoms with Crippen molar-refractivity contribution in [1.29, 1.82) is 0 Å². The van der Waals surface area contributed by atoms with Crippen LogP contribution in [0.15, 0.2) is 218 Å². The summed E-state index contributed by atoms with van der Waals surface area (Å²) in [5, 5.41) is 0. The van der Waals surface area contributed by atoms with Crippen molar-refractivity contribution in [2.45, 2.75) is 40.5 Å². The highest BCUT2D eigenvalue weighted by Gasteiger charge is 2.13. The average molecular weight is 875 g/mol. The number of hydrogen-bond donors (Lipinski definition) is 0. The molecule has 68 heavy (non-hydrogen) atoms. The normalized spacial score (nSPS) is 12.0. The fraction of sp³-hybridized carbons (Fsp3) is 0.0882. The van der Waals surface area contributed by atoms with Crippen molar-refractivity contribution in [2.75, 3.05) is 0 Å². The van der Waals surface area contributed by atoms with Crippen LogP contribution in [0, 0.1) is 27.7 Å². The second-order valence-electron chi connectivity index (χ2n) is 17.9. The summed E-state index contributed by atoms with van der Waals surface area (Å²) in [5.74, 6) is 0. The van der Waals surface area contributed by atoms with E-state index in [1.807, 2.05) is 0 Å². The second-order valence-corrected chi connectivity index (χ2v) is 17.9. The highest BCUT2D eigenvalue weighted by atomic mass is 14.2. The van der Waals surface area contributed by atoms with Gasteiger partial charge in [0.05, 0.1) is 0 Å². The summed E-state index contributed by atoms with van der Waals surface area (Å²) >= 11 is 0. The van der Waals surface area contributed by atoms with E-state index in [1.54, 1.807) is 0 Å². The summed E-state index contributed by atoms with van der Waals surface area (Å²) in [7, 11) is 0. The minimum Gasteiger partial charge on any atom is -0.0622 e. The van der Waals surface area contributed by atoms with E-state index in [4.69, 9.17) is 0 Å². The number of rotatable bonds is 14. The summed E-state index contributed by atoms with van der Waals surface area (Å²) in [6, 6.07) is 78.7. The molecule has 0 radical (unpaired) electrons. The van der Waals surface area contributed by atoms with Crippen LogP contribution in [0.3, 0.4) is 0 Å². The molecular formula is C68H58. The molecule has 9 aromatic carbocycles. The molecule has 0 heterocycles. The van der Waals surface area contributed by atoms with Crippen LogP contribution in [0.4, 0.5) is 0 Å². The van der Waals surface area contributed by atoms with Crippen molar-refractivity contribution in [3.63, 3.8) is 0 Å². The predicted octanol–water partition coefficient (Wildman–Crippen LogP) is 17.6. The summed E-state index contributed by atoms with van der Waals surface area (Å²) < 4.78 is 0. The standard InChI is InChI=1S/C68H58/c1-49-50(2)66(44-38-54-27-31-60(32-28-54)48-68(62-23-15-8-16-24-62)64-41-35-58(36-42-64)46-56-19-11-6-12-20-56)52(4)51(3)65(49)43-37-53-25-29-59(30-26-53)47-67(61-21-13-7-14-22-61)63-39-33-57(34-40-63)45-55-17-9-5-10-18-55/h5-44,47-48H,45-46H2,1-4H3. The zero-order valence-corrected chi connectivity index (χ0v) is 39.7. The van der Waals surface area contributed by atoms with Crippen molar-refractivity contribution in [1.82, 2.24) is 0 Å². The molecule has 0 heteroatoms. The van der Waals surface area contributed by atoms with E-state index in [1.165, 1.54) is 111 Å². The maximum atomic E-state index is 2.31. The van der Waals surface area contributed by atoms with Gasteiger partial charge in [-0.25, -0.2) is 0 Å². The van der Waals surface area contributed by atoms with Crippen molar-refractivity contribution < 1.29 is 0 Å². The first-order valence-corrected chi connectivity index (χ1v) is 23.8. The van der Waals surface area contributed by atoms with Gasteiger partial charge in [0.2, 0.25) is 0 Å². The van der Waals surface area contributed by atoms with Crippen molar-refractivity contribution in [3.05, 3.63) is 319 Å². The van der Waals surface area contributed by atoms with Gasteiger partial charge in [-0.3, -0.25) is 0 Å². The molecule has 0 saturated carbocycles. The van der Waals surface area contributed by atoms with Gasteiger partial charge in [0.25, 0.3) is 0 Å². The van der Waals surface area contributed by atoms with Gasteiger partial charge < -0.3 is 0 Å². The Morgan fingerprint density at radius 1 is 0.265 bits per heavy atom. The molecule has 0 aliphatic rings. The van der Waals surface area contributed by atoms with Crippen molar-refractivity contribution >= 4 is 47.6 Å². The van der Waals surface area contributed by atoms with Crippen LogP contribution in [-0.4, -0.2) is 0 Å². The monoisotopic (exact) mass is 874 g/mol. The highest BCUT2D eigenvalue weighted by Crippen LogP contribution is 2.32. The van der Waals surface area contributed by atoms with E-state index in [2.05, 4.69) is 283 Å². The Kier molecular flexibility index (Phi) is 14.3. The maximum Gasteiger partial charge on any atom is -0.00258 e. The third kappa shape index (κ3) is 11.1. The molecule has 0 nitrogen and oxygen atoms in total. The van der Waals surface area contributed by atoms with Gasteiger partial charge in [-0.2, -0.15) is 0 Å². The summed E-state index contributed by atoms with van der Waals surface area (Å²) in [4.78, 5) is 0. The molecule has 0 amide bonds. The van der Waals surface area contributed by atoms with Gasteiger partial charge in [-0.1, -0.05) is 243 Å². The van der Waals surface area contributed by atoms with Gasteiger partial charge in [0, 0.05) is 0 Å². The van der Waals surface area contributed by atoms with Crippen LogP contribution >= 0.6 is 0 Å². The first-order valence-electron chi connectivity index (χ1n) is 23.8. The Bertz CT molecular complexity index is 2950. The van der Waals surface area contributed by atoms with E-state index >= 15 is 0 Å². The van der Waals surface area contributed by atoms with Crippen LogP contribution in [0.25, 0.3) is 47.6 Å². The Hall–Kier alpha value is -8.06. The zero-order valence-electron chi connectivity index (χ0n) is 39.7. The smallest absolute Gasteiger partial charge is 0.00258 e. The summed E-state index contributed by atoms with van der Waals surface area (Å²) in [5.41, 5.74) is 25.1.